The predicted octanol–water partition coefficient (Wildman–Crippen LogP) is 3.77. The van der Waals surface area contributed by atoms with Gasteiger partial charge < -0.3 is 10.6 Å². The number of hydrogen-bond acceptors (Lipinski definition) is 5. The molecule has 4 heterocycles. The van der Waals surface area contributed by atoms with Gasteiger partial charge in [-0.1, -0.05) is 25.3 Å². The van der Waals surface area contributed by atoms with Crippen LogP contribution in [0.3, 0.4) is 0 Å². The number of rotatable bonds is 5. The van der Waals surface area contributed by atoms with Gasteiger partial charge in [-0.05, 0) is 37.5 Å². The monoisotopic (exact) mass is 438 g/mol. The topological polar surface area (TPSA) is 92.2 Å². The van der Waals surface area contributed by atoms with Crippen LogP contribution in [0.2, 0.25) is 0 Å². The molecule has 2 aliphatic rings. The number of fused-ring (bicyclic) bond motifs is 1. The van der Waals surface area contributed by atoms with Crippen LogP contribution < -0.4 is 15.5 Å². The highest BCUT2D eigenvalue weighted by molar-refractivity contribution is 7.20. The highest BCUT2D eigenvalue weighted by Gasteiger charge is 2.23. The van der Waals surface area contributed by atoms with Gasteiger partial charge in [0.05, 0.1) is 16.6 Å². The average Bonchev–Trinajstić information content (AvgIpc) is 3.50. The molecule has 0 radical (unpaired) electrons. The van der Waals surface area contributed by atoms with Gasteiger partial charge in [0, 0.05) is 31.2 Å². The molecule has 31 heavy (non-hydrogen) atoms. The maximum Gasteiger partial charge on any atom is 0.323 e. The van der Waals surface area contributed by atoms with E-state index in [0.717, 1.165) is 34.3 Å². The summed E-state index contributed by atoms with van der Waals surface area (Å²) in [4.78, 5) is 32.3. The van der Waals surface area contributed by atoms with Crippen molar-refractivity contribution >= 4 is 39.3 Å². The third-order valence-corrected chi connectivity index (χ3v) is 7.23. The standard InChI is InChI=1S/C22H26N6O2S/c1-14-17-11-18(31-21(17)28(26-14)16-5-3-2-4-6-16)20(29)25-13-15-7-8-19(24-12-15)27-10-9-23-22(27)30/h7-8,11-12,16H,2-6,9-10,13H2,1H3,(H,23,30)(H,25,29). The molecule has 0 spiro atoms. The van der Waals surface area contributed by atoms with Crippen molar-refractivity contribution in [2.45, 2.75) is 51.6 Å². The zero-order chi connectivity index (χ0) is 21.4. The number of anilines is 1. The number of amides is 3. The molecular formula is C22H26N6O2S. The zero-order valence-corrected chi connectivity index (χ0v) is 18.4. The van der Waals surface area contributed by atoms with Crippen molar-refractivity contribution < 1.29 is 9.59 Å². The minimum absolute atomic E-state index is 0.0845. The lowest BCUT2D eigenvalue weighted by Gasteiger charge is -2.22. The smallest absolute Gasteiger partial charge is 0.323 e. The van der Waals surface area contributed by atoms with Gasteiger partial charge in [0.15, 0.2) is 0 Å². The van der Waals surface area contributed by atoms with Crippen LogP contribution >= 0.6 is 11.3 Å². The first-order valence-corrected chi connectivity index (χ1v) is 11.7. The molecule has 0 atom stereocenters. The number of hydrogen-bond donors (Lipinski definition) is 2. The molecule has 3 aromatic rings. The summed E-state index contributed by atoms with van der Waals surface area (Å²) in [6.45, 7) is 3.65. The Kier molecular flexibility index (Phi) is 5.35. The van der Waals surface area contributed by atoms with Crippen molar-refractivity contribution in [2.75, 3.05) is 18.0 Å². The Hall–Kier alpha value is -2.94. The van der Waals surface area contributed by atoms with Crippen LogP contribution in [-0.2, 0) is 6.54 Å². The first-order chi connectivity index (χ1) is 15.1. The largest absolute Gasteiger partial charge is 0.347 e. The second-order valence-electron chi connectivity index (χ2n) is 8.24. The van der Waals surface area contributed by atoms with Gasteiger partial charge >= 0.3 is 6.03 Å². The summed E-state index contributed by atoms with van der Waals surface area (Å²) in [5.74, 6) is 0.538. The fraction of sp³-hybridized carbons (Fsp3) is 0.455. The summed E-state index contributed by atoms with van der Waals surface area (Å²) >= 11 is 1.52. The highest BCUT2D eigenvalue weighted by atomic mass is 32.1. The highest BCUT2D eigenvalue weighted by Crippen LogP contribution is 2.35. The van der Waals surface area contributed by atoms with Crippen LogP contribution in [0, 0.1) is 6.92 Å². The van der Waals surface area contributed by atoms with Crippen molar-refractivity contribution in [2.24, 2.45) is 0 Å². The number of carbonyl (C=O) groups is 2. The number of aromatic nitrogens is 3. The summed E-state index contributed by atoms with van der Waals surface area (Å²) in [7, 11) is 0. The minimum Gasteiger partial charge on any atom is -0.347 e. The Morgan fingerprint density at radius 2 is 2.13 bits per heavy atom. The molecule has 9 heteroatoms. The van der Waals surface area contributed by atoms with Crippen LogP contribution in [0.5, 0.6) is 0 Å². The van der Waals surface area contributed by atoms with Gasteiger partial charge in [-0.15, -0.1) is 11.3 Å². The van der Waals surface area contributed by atoms with Crippen LogP contribution in [-0.4, -0.2) is 39.8 Å². The minimum atomic E-state index is -0.125. The predicted molar refractivity (Wildman–Crippen MR) is 121 cm³/mol. The molecule has 3 amide bonds. The molecule has 1 aliphatic carbocycles. The second kappa shape index (κ2) is 8.30. The van der Waals surface area contributed by atoms with Gasteiger partial charge in [0.2, 0.25) is 0 Å². The van der Waals surface area contributed by atoms with Crippen LogP contribution in [0.1, 0.15) is 59.1 Å². The van der Waals surface area contributed by atoms with Crippen molar-refractivity contribution in [3.8, 4) is 0 Å². The fourth-order valence-electron chi connectivity index (χ4n) is 4.40. The number of aryl methyl sites for hydroxylation is 1. The molecule has 2 N–H and O–H groups in total. The van der Waals surface area contributed by atoms with E-state index < -0.39 is 0 Å². The van der Waals surface area contributed by atoms with Gasteiger partial charge in [0.1, 0.15) is 10.6 Å². The Morgan fingerprint density at radius 3 is 2.84 bits per heavy atom. The molecule has 1 saturated carbocycles. The summed E-state index contributed by atoms with van der Waals surface area (Å²) in [5, 5.41) is 11.6. The van der Waals surface area contributed by atoms with E-state index in [4.69, 9.17) is 5.10 Å². The normalized spacial score (nSPS) is 17.3. The molecule has 1 aliphatic heterocycles. The number of carbonyl (C=O) groups excluding carboxylic acids is 2. The van der Waals surface area contributed by atoms with E-state index >= 15 is 0 Å². The molecule has 3 aromatic heterocycles. The van der Waals surface area contributed by atoms with E-state index in [9.17, 15) is 9.59 Å². The number of pyridine rings is 1. The third kappa shape index (κ3) is 3.89. The SMILES string of the molecule is Cc1nn(C2CCCCC2)c2sc(C(=O)NCc3ccc(N4CCNC4=O)nc3)cc12. The van der Waals surface area contributed by atoms with Gasteiger partial charge in [0.25, 0.3) is 5.91 Å². The first-order valence-electron chi connectivity index (χ1n) is 10.9. The average molecular weight is 439 g/mol. The number of urea groups is 1. The lowest BCUT2D eigenvalue weighted by atomic mass is 9.96. The van der Waals surface area contributed by atoms with E-state index in [1.54, 1.807) is 11.1 Å². The molecule has 0 bridgehead atoms. The van der Waals surface area contributed by atoms with Crippen molar-refractivity contribution in [1.82, 2.24) is 25.4 Å². The number of nitrogens with zero attached hydrogens (tertiary/aromatic N) is 4. The summed E-state index contributed by atoms with van der Waals surface area (Å²) in [5.41, 5.74) is 1.88. The summed E-state index contributed by atoms with van der Waals surface area (Å²) in [6.07, 6.45) is 7.84. The molecule has 5 rings (SSSR count). The Bertz CT molecular complexity index is 1110. The quantitative estimate of drug-likeness (QED) is 0.634. The first kappa shape index (κ1) is 20.0. The summed E-state index contributed by atoms with van der Waals surface area (Å²) in [6, 6.07) is 5.99. The van der Waals surface area contributed by atoms with E-state index in [1.165, 1.54) is 30.6 Å². The molecule has 8 nitrogen and oxygen atoms in total. The van der Waals surface area contributed by atoms with Crippen LogP contribution in [0.4, 0.5) is 10.6 Å². The van der Waals surface area contributed by atoms with E-state index in [1.807, 2.05) is 25.1 Å². The third-order valence-electron chi connectivity index (χ3n) is 6.11. The molecular weight excluding hydrogens is 412 g/mol. The van der Waals surface area contributed by atoms with Gasteiger partial charge in [-0.2, -0.15) is 5.10 Å². The number of thiophene rings is 1. The fourth-order valence-corrected chi connectivity index (χ4v) is 5.55. The molecule has 1 saturated heterocycles. The lowest BCUT2D eigenvalue weighted by molar-refractivity contribution is 0.0955. The van der Waals surface area contributed by atoms with Crippen molar-refractivity contribution in [3.63, 3.8) is 0 Å². The van der Waals surface area contributed by atoms with Crippen molar-refractivity contribution in [3.05, 3.63) is 40.5 Å². The molecule has 0 unspecified atom stereocenters. The van der Waals surface area contributed by atoms with E-state index in [0.29, 0.717) is 36.4 Å². The van der Waals surface area contributed by atoms with Crippen LogP contribution in [0.15, 0.2) is 24.4 Å². The number of nitrogens with one attached hydrogen (secondary N) is 2. The van der Waals surface area contributed by atoms with E-state index in [2.05, 4.69) is 20.3 Å². The second-order valence-corrected chi connectivity index (χ2v) is 9.27. The lowest BCUT2D eigenvalue weighted by Crippen LogP contribution is -2.28. The summed E-state index contributed by atoms with van der Waals surface area (Å²) < 4.78 is 2.16. The Balaban J connectivity index is 1.26. The molecule has 162 valence electrons. The van der Waals surface area contributed by atoms with Gasteiger partial charge in [-0.3, -0.25) is 14.4 Å². The molecule has 2 fully saturated rings. The van der Waals surface area contributed by atoms with Gasteiger partial charge in [-0.25, -0.2) is 9.78 Å². The Morgan fingerprint density at radius 1 is 1.29 bits per heavy atom. The Labute approximate surface area is 184 Å². The maximum atomic E-state index is 12.8. The molecule has 0 aromatic carbocycles. The van der Waals surface area contributed by atoms with E-state index in [-0.39, 0.29) is 11.9 Å². The zero-order valence-electron chi connectivity index (χ0n) is 17.6. The van der Waals surface area contributed by atoms with Crippen LogP contribution in [0.25, 0.3) is 10.2 Å². The maximum absolute atomic E-state index is 12.8. The van der Waals surface area contributed by atoms with Crippen molar-refractivity contribution in [1.29, 1.82) is 0 Å².